The highest BCUT2D eigenvalue weighted by atomic mass is 16.5. The monoisotopic (exact) mass is 410 g/mol. The van der Waals surface area contributed by atoms with E-state index in [0.717, 1.165) is 11.1 Å². The number of fused-ring (bicyclic) bond motifs is 1. The van der Waals surface area contributed by atoms with Gasteiger partial charge in [-0.15, -0.1) is 0 Å². The van der Waals surface area contributed by atoms with Gasteiger partial charge in [-0.3, -0.25) is 9.59 Å². The maximum Gasteiger partial charge on any atom is 0.257 e. The zero-order chi connectivity index (χ0) is 21.8. The van der Waals surface area contributed by atoms with Crippen molar-refractivity contribution in [2.24, 2.45) is 7.05 Å². The highest BCUT2D eigenvalue weighted by Gasteiger charge is 2.18. The predicted molar refractivity (Wildman–Crippen MR) is 116 cm³/mol. The van der Waals surface area contributed by atoms with Crippen molar-refractivity contribution in [2.45, 2.75) is 19.9 Å². The standard InChI is InChI=1S/C23H26N2O5/c1-6-30-16-8-9-19-17(12-16)22(26)18(13-25(19)3)23(27)24-14(2)15-7-10-20(28-4)21(11-15)29-5/h7-14H,6H2,1-5H3,(H,24,27)/t14-/m1/s1. The number of pyridine rings is 1. The molecule has 1 atom stereocenters. The molecular formula is C23H26N2O5. The van der Waals surface area contributed by atoms with Crippen LogP contribution in [0.2, 0.25) is 0 Å². The van der Waals surface area contributed by atoms with Crippen molar-refractivity contribution in [1.82, 2.24) is 9.88 Å². The topological polar surface area (TPSA) is 78.8 Å². The molecule has 0 radical (unpaired) electrons. The summed E-state index contributed by atoms with van der Waals surface area (Å²) in [7, 11) is 4.92. The third kappa shape index (κ3) is 4.10. The van der Waals surface area contributed by atoms with E-state index < -0.39 is 5.91 Å². The highest BCUT2D eigenvalue weighted by Crippen LogP contribution is 2.30. The van der Waals surface area contributed by atoms with Gasteiger partial charge in [0.05, 0.1) is 37.8 Å². The number of aryl methyl sites for hydroxylation is 1. The van der Waals surface area contributed by atoms with Crippen molar-refractivity contribution < 1.29 is 19.0 Å². The number of benzene rings is 2. The smallest absolute Gasteiger partial charge is 0.257 e. The lowest BCUT2D eigenvalue weighted by Gasteiger charge is -2.17. The molecule has 1 aromatic heterocycles. The van der Waals surface area contributed by atoms with Crippen LogP contribution in [-0.2, 0) is 7.05 Å². The first-order valence-electron chi connectivity index (χ1n) is 9.68. The van der Waals surface area contributed by atoms with Crippen LogP contribution < -0.4 is 25.0 Å². The summed E-state index contributed by atoms with van der Waals surface area (Å²) in [5, 5.41) is 3.33. The van der Waals surface area contributed by atoms with E-state index in [2.05, 4.69) is 5.32 Å². The maximum atomic E-state index is 13.0. The van der Waals surface area contributed by atoms with E-state index in [1.165, 1.54) is 0 Å². The number of ether oxygens (including phenoxy) is 3. The highest BCUT2D eigenvalue weighted by molar-refractivity contribution is 5.97. The second-order valence-electron chi connectivity index (χ2n) is 6.90. The largest absolute Gasteiger partial charge is 0.494 e. The molecule has 0 aliphatic carbocycles. The molecular weight excluding hydrogens is 384 g/mol. The average molecular weight is 410 g/mol. The lowest BCUT2D eigenvalue weighted by Crippen LogP contribution is -2.31. The molecule has 0 fully saturated rings. The number of carbonyl (C=O) groups excluding carboxylic acids is 1. The van der Waals surface area contributed by atoms with Crippen LogP contribution in [0.25, 0.3) is 10.9 Å². The van der Waals surface area contributed by atoms with Crippen LogP contribution in [0.4, 0.5) is 0 Å². The van der Waals surface area contributed by atoms with Gasteiger partial charge in [-0.1, -0.05) is 6.07 Å². The lowest BCUT2D eigenvalue weighted by atomic mass is 10.1. The quantitative estimate of drug-likeness (QED) is 0.646. The van der Waals surface area contributed by atoms with E-state index in [1.807, 2.05) is 32.0 Å². The van der Waals surface area contributed by atoms with Crippen LogP contribution in [0.3, 0.4) is 0 Å². The van der Waals surface area contributed by atoms with Crippen LogP contribution in [0.5, 0.6) is 17.2 Å². The molecule has 3 aromatic rings. The van der Waals surface area contributed by atoms with Gasteiger partial charge in [0.1, 0.15) is 11.3 Å². The Balaban J connectivity index is 1.93. The second-order valence-corrected chi connectivity index (χ2v) is 6.90. The van der Waals surface area contributed by atoms with Crippen molar-refractivity contribution in [2.75, 3.05) is 20.8 Å². The summed E-state index contributed by atoms with van der Waals surface area (Å²) in [5.74, 6) is 1.33. The SMILES string of the molecule is CCOc1ccc2c(c1)c(=O)c(C(=O)N[C@H](C)c1ccc(OC)c(OC)c1)cn2C. The Kier molecular flexibility index (Phi) is 6.30. The minimum absolute atomic E-state index is 0.0750. The van der Waals surface area contributed by atoms with Gasteiger partial charge in [0.2, 0.25) is 5.43 Å². The molecule has 2 aromatic carbocycles. The van der Waals surface area contributed by atoms with Crippen LogP contribution in [-0.4, -0.2) is 31.3 Å². The number of hydrogen-bond acceptors (Lipinski definition) is 5. The molecule has 1 amide bonds. The van der Waals surface area contributed by atoms with Crippen molar-refractivity contribution in [1.29, 1.82) is 0 Å². The number of nitrogens with one attached hydrogen (secondary N) is 1. The van der Waals surface area contributed by atoms with E-state index in [0.29, 0.717) is 29.2 Å². The fourth-order valence-corrected chi connectivity index (χ4v) is 3.37. The Morgan fingerprint density at radius 2 is 1.83 bits per heavy atom. The maximum absolute atomic E-state index is 13.0. The fraction of sp³-hybridized carbons (Fsp3) is 0.304. The molecule has 0 saturated carbocycles. The normalized spacial score (nSPS) is 11.8. The van der Waals surface area contributed by atoms with E-state index in [9.17, 15) is 9.59 Å². The molecule has 0 aliphatic heterocycles. The molecule has 0 unspecified atom stereocenters. The summed E-state index contributed by atoms with van der Waals surface area (Å²) in [6.45, 7) is 4.22. The van der Waals surface area contributed by atoms with Gasteiger partial charge < -0.3 is 24.1 Å². The average Bonchev–Trinajstić information content (AvgIpc) is 2.75. The Hall–Kier alpha value is -3.48. The van der Waals surface area contributed by atoms with Crippen molar-refractivity contribution in [3.8, 4) is 17.2 Å². The Morgan fingerprint density at radius 3 is 2.50 bits per heavy atom. The number of methoxy groups -OCH3 is 2. The van der Waals surface area contributed by atoms with E-state index >= 15 is 0 Å². The summed E-state index contributed by atoms with van der Waals surface area (Å²) < 4.78 is 17.8. The van der Waals surface area contributed by atoms with Gasteiger partial charge in [0, 0.05) is 13.2 Å². The van der Waals surface area contributed by atoms with Crippen LogP contribution in [0.1, 0.15) is 35.8 Å². The summed E-state index contributed by atoms with van der Waals surface area (Å²) in [6, 6.07) is 10.4. The molecule has 1 N–H and O–H groups in total. The third-order valence-electron chi connectivity index (χ3n) is 4.97. The molecule has 3 rings (SSSR count). The Labute approximate surface area is 175 Å². The first kappa shape index (κ1) is 21.2. The molecule has 0 spiro atoms. The van der Waals surface area contributed by atoms with Gasteiger partial charge in [0.15, 0.2) is 11.5 Å². The zero-order valence-corrected chi connectivity index (χ0v) is 17.8. The minimum atomic E-state index is -0.443. The summed E-state index contributed by atoms with van der Waals surface area (Å²) in [5.41, 5.74) is 1.30. The van der Waals surface area contributed by atoms with Gasteiger partial charge in [-0.25, -0.2) is 0 Å². The number of aromatic nitrogens is 1. The number of hydrogen-bond donors (Lipinski definition) is 1. The van der Waals surface area contributed by atoms with Gasteiger partial charge in [-0.05, 0) is 49.7 Å². The third-order valence-corrected chi connectivity index (χ3v) is 4.97. The van der Waals surface area contributed by atoms with Gasteiger partial charge in [0.25, 0.3) is 5.91 Å². The number of amides is 1. The first-order chi connectivity index (χ1) is 14.4. The zero-order valence-electron chi connectivity index (χ0n) is 17.8. The molecule has 7 nitrogen and oxygen atoms in total. The van der Waals surface area contributed by atoms with Gasteiger partial charge >= 0.3 is 0 Å². The second kappa shape index (κ2) is 8.90. The number of carbonyl (C=O) groups is 1. The number of rotatable bonds is 7. The Bertz CT molecular complexity index is 1140. The molecule has 7 heteroatoms. The molecule has 1 heterocycles. The summed E-state index contributed by atoms with van der Waals surface area (Å²) >= 11 is 0. The number of nitrogens with zero attached hydrogens (tertiary/aromatic N) is 1. The molecule has 158 valence electrons. The van der Waals surface area contributed by atoms with Gasteiger partial charge in [-0.2, -0.15) is 0 Å². The van der Waals surface area contributed by atoms with E-state index in [4.69, 9.17) is 14.2 Å². The van der Waals surface area contributed by atoms with Crippen LogP contribution >= 0.6 is 0 Å². The van der Waals surface area contributed by atoms with Crippen LogP contribution in [0.15, 0.2) is 47.4 Å². The molecule has 0 saturated heterocycles. The van der Waals surface area contributed by atoms with Crippen molar-refractivity contribution in [3.05, 3.63) is 63.9 Å². The lowest BCUT2D eigenvalue weighted by molar-refractivity contribution is 0.0938. The Morgan fingerprint density at radius 1 is 1.10 bits per heavy atom. The first-order valence-corrected chi connectivity index (χ1v) is 9.68. The molecule has 0 bridgehead atoms. The molecule has 30 heavy (non-hydrogen) atoms. The minimum Gasteiger partial charge on any atom is -0.494 e. The molecule has 0 aliphatic rings. The van der Waals surface area contributed by atoms with E-state index in [1.54, 1.807) is 50.2 Å². The van der Waals surface area contributed by atoms with E-state index in [-0.39, 0.29) is 17.0 Å². The predicted octanol–water partition coefficient (Wildman–Crippen LogP) is 3.45. The van der Waals surface area contributed by atoms with Crippen molar-refractivity contribution in [3.63, 3.8) is 0 Å². The fourth-order valence-electron chi connectivity index (χ4n) is 3.37. The summed E-state index contributed by atoms with van der Waals surface area (Å²) in [4.78, 5) is 25.9. The van der Waals surface area contributed by atoms with Crippen LogP contribution in [0, 0.1) is 0 Å². The van der Waals surface area contributed by atoms with Crippen molar-refractivity contribution >= 4 is 16.8 Å². The summed E-state index contributed by atoms with van der Waals surface area (Å²) in [6.07, 6.45) is 1.56.